The van der Waals surface area contributed by atoms with Crippen LogP contribution in [-0.2, 0) is 11.3 Å². The van der Waals surface area contributed by atoms with Crippen LogP contribution in [0.5, 0.6) is 0 Å². The fourth-order valence-corrected chi connectivity index (χ4v) is 3.74. The summed E-state index contributed by atoms with van der Waals surface area (Å²) < 4.78 is 7.06. The smallest absolute Gasteiger partial charge is 0.0835 e. The van der Waals surface area contributed by atoms with Gasteiger partial charge in [-0.2, -0.15) is 5.10 Å². The number of halogens is 1. The van der Waals surface area contributed by atoms with Crippen LogP contribution in [0.4, 0.5) is 0 Å². The molecule has 1 fully saturated rings. The molecule has 21 heavy (non-hydrogen) atoms. The maximum Gasteiger partial charge on any atom is 0.0835 e. The first-order chi connectivity index (χ1) is 10.1. The van der Waals surface area contributed by atoms with E-state index in [1.54, 1.807) is 13.3 Å². The average Bonchev–Trinajstić information content (AvgIpc) is 3.08. The van der Waals surface area contributed by atoms with Gasteiger partial charge in [0.15, 0.2) is 0 Å². The van der Waals surface area contributed by atoms with E-state index in [1.807, 2.05) is 4.68 Å². The Morgan fingerprint density at radius 2 is 2.19 bits per heavy atom. The molecule has 0 aromatic carbocycles. The van der Waals surface area contributed by atoms with Crippen molar-refractivity contribution in [2.24, 2.45) is 5.84 Å². The molecule has 0 saturated heterocycles. The second kappa shape index (κ2) is 7.07. The summed E-state index contributed by atoms with van der Waals surface area (Å²) in [5, 5.41) is 5.03. The second-order valence-corrected chi connectivity index (χ2v) is 6.31. The van der Waals surface area contributed by atoms with Gasteiger partial charge in [-0.05, 0) is 26.9 Å². The van der Waals surface area contributed by atoms with Crippen LogP contribution in [0, 0.1) is 0 Å². The van der Waals surface area contributed by atoms with Gasteiger partial charge < -0.3 is 9.64 Å². The van der Waals surface area contributed by atoms with E-state index in [0.29, 0.717) is 18.2 Å². The van der Waals surface area contributed by atoms with E-state index < -0.39 is 0 Å². The van der Waals surface area contributed by atoms with Crippen molar-refractivity contribution < 1.29 is 4.74 Å². The molecule has 1 aromatic rings. The van der Waals surface area contributed by atoms with E-state index in [9.17, 15) is 0 Å². The van der Waals surface area contributed by atoms with E-state index in [4.69, 9.17) is 22.2 Å². The highest BCUT2D eigenvalue weighted by Gasteiger charge is 2.45. The Kier molecular flexibility index (Phi) is 5.62. The molecule has 0 bridgehead atoms. The number of hydrazine groups is 1. The van der Waals surface area contributed by atoms with Crippen molar-refractivity contribution in [2.45, 2.75) is 43.8 Å². The van der Waals surface area contributed by atoms with Gasteiger partial charge in [0.1, 0.15) is 0 Å². The number of ether oxygens (including phenoxy) is 1. The van der Waals surface area contributed by atoms with Crippen LogP contribution >= 0.6 is 11.6 Å². The molecule has 1 aromatic heterocycles. The molecule has 1 atom stereocenters. The molecule has 1 unspecified atom stereocenters. The molecule has 120 valence electrons. The number of likely N-dealkylation sites (N-methyl/N-ethyl adjacent to an activating group) is 1. The zero-order chi connectivity index (χ0) is 15.5. The SMILES string of the molecule is COCCn1ncc(Cl)c1C(NN)C1(N(C)C)CCCC1. The fraction of sp³-hybridized carbons (Fsp3) is 0.786. The van der Waals surface area contributed by atoms with Crippen molar-refractivity contribution >= 4 is 11.6 Å². The molecule has 6 nitrogen and oxygen atoms in total. The third-order valence-corrected chi connectivity index (χ3v) is 4.97. The van der Waals surface area contributed by atoms with Crippen LogP contribution in [0.1, 0.15) is 37.4 Å². The van der Waals surface area contributed by atoms with Crippen LogP contribution in [-0.4, -0.2) is 48.0 Å². The molecule has 0 spiro atoms. The summed E-state index contributed by atoms with van der Waals surface area (Å²) in [5.74, 6) is 5.93. The van der Waals surface area contributed by atoms with Gasteiger partial charge in [0, 0.05) is 12.6 Å². The summed E-state index contributed by atoms with van der Waals surface area (Å²) in [7, 11) is 5.90. The number of methoxy groups -OCH3 is 1. The Morgan fingerprint density at radius 1 is 1.52 bits per heavy atom. The number of hydrogen-bond donors (Lipinski definition) is 2. The van der Waals surface area contributed by atoms with Gasteiger partial charge in [-0.15, -0.1) is 0 Å². The largest absolute Gasteiger partial charge is 0.383 e. The molecule has 0 amide bonds. The molecular formula is C14H26ClN5O. The van der Waals surface area contributed by atoms with E-state index in [0.717, 1.165) is 18.5 Å². The Hall–Kier alpha value is -0.660. The van der Waals surface area contributed by atoms with Gasteiger partial charge in [0.05, 0.1) is 36.1 Å². The van der Waals surface area contributed by atoms with Gasteiger partial charge in [-0.25, -0.2) is 5.43 Å². The van der Waals surface area contributed by atoms with Gasteiger partial charge in [0.2, 0.25) is 0 Å². The fourth-order valence-electron chi connectivity index (χ4n) is 3.48. The number of nitrogens with two attached hydrogens (primary N) is 1. The molecule has 1 saturated carbocycles. The first-order valence-electron chi connectivity index (χ1n) is 7.40. The predicted molar refractivity (Wildman–Crippen MR) is 84.1 cm³/mol. The van der Waals surface area contributed by atoms with Gasteiger partial charge in [-0.1, -0.05) is 24.4 Å². The lowest BCUT2D eigenvalue weighted by atomic mass is 9.85. The standard InChI is InChI=1S/C14H26ClN5O/c1-19(2)14(6-4-5-7-14)13(18-16)12-11(15)10-17-20(12)8-9-21-3/h10,13,18H,4-9,16H2,1-3H3. The first-order valence-corrected chi connectivity index (χ1v) is 7.78. The van der Waals surface area contributed by atoms with Crippen LogP contribution < -0.4 is 11.3 Å². The lowest BCUT2D eigenvalue weighted by molar-refractivity contribution is 0.0984. The Balaban J connectivity index is 2.38. The second-order valence-electron chi connectivity index (χ2n) is 5.90. The Bertz CT molecular complexity index is 456. The number of aromatic nitrogens is 2. The highest BCUT2D eigenvalue weighted by molar-refractivity contribution is 6.31. The summed E-state index contributed by atoms with van der Waals surface area (Å²) in [6.07, 6.45) is 6.30. The van der Waals surface area contributed by atoms with Gasteiger partial charge >= 0.3 is 0 Å². The zero-order valence-electron chi connectivity index (χ0n) is 13.1. The van der Waals surface area contributed by atoms with Crippen molar-refractivity contribution in [1.29, 1.82) is 0 Å². The maximum absolute atomic E-state index is 6.40. The normalized spacial score (nSPS) is 19.3. The highest BCUT2D eigenvalue weighted by atomic mass is 35.5. The molecule has 1 aliphatic carbocycles. The van der Waals surface area contributed by atoms with Crippen LogP contribution in [0.25, 0.3) is 0 Å². The van der Waals surface area contributed by atoms with E-state index in [-0.39, 0.29) is 11.6 Å². The topological polar surface area (TPSA) is 68.3 Å². The average molecular weight is 316 g/mol. The third kappa shape index (κ3) is 3.10. The summed E-state index contributed by atoms with van der Waals surface area (Å²) >= 11 is 6.40. The molecule has 7 heteroatoms. The number of hydrogen-bond acceptors (Lipinski definition) is 5. The molecule has 1 aliphatic rings. The van der Waals surface area contributed by atoms with Crippen LogP contribution in [0.15, 0.2) is 6.20 Å². The monoisotopic (exact) mass is 315 g/mol. The number of nitrogens with one attached hydrogen (secondary N) is 1. The molecule has 0 radical (unpaired) electrons. The summed E-state index contributed by atoms with van der Waals surface area (Å²) in [4.78, 5) is 2.27. The molecule has 3 N–H and O–H groups in total. The Morgan fingerprint density at radius 3 is 2.71 bits per heavy atom. The lowest BCUT2D eigenvalue weighted by Crippen LogP contribution is -2.54. The molecular weight excluding hydrogens is 290 g/mol. The minimum Gasteiger partial charge on any atom is -0.383 e. The summed E-state index contributed by atoms with van der Waals surface area (Å²) in [6.45, 7) is 1.26. The number of nitrogens with zero attached hydrogens (tertiary/aromatic N) is 3. The van der Waals surface area contributed by atoms with Gasteiger partial charge in [-0.3, -0.25) is 10.5 Å². The summed E-state index contributed by atoms with van der Waals surface area (Å²) in [5.41, 5.74) is 3.92. The van der Waals surface area contributed by atoms with E-state index >= 15 is 0 Å². The minimum absolute atomic E-state index is 0.0246. The predicted octanol–water partition coefficient (Wildman–Crippen LogP) is 1.56. The van der Waals surface area contributed by atoms with Crippen molar-refractivity contribution in [3.63, 3.8) is 0 Å². The van der Waals surface area contributed by atoms with Crippen molar-refractivity contribution in [1.82, 2.24) is 20.1 Å². The minimum atomic E-state index is -0.0538. The quantitative estimate of drug-likeness (QED) is 0.590. The zero-order valence-corrected chi connectivity index (χ0v) is 13.9. The molecule has 1 heterocycles. The lowest BCUT2D eigenvalue weighted by Gasteiger charge is -2.43. The highest BCUT2D eigenvalue weighted by Crippen LogP contribution is 2.44. The van der Waals surface area contributed by atoms with Crippen molar-refractivity contribution in [3.8, 4) is 0 Å². The van der Waals surface area contributed by atoms with Crippen LogP contribution in [0.2, 0.25) is 5.02 Å². The number of rotatable bonds is 7. The van der Waals surface area contributed by atoms with Crippen molar-refractivity contribution in [3.05, 3.63) is 16.9 Å². The van der Waals surface area contributed by atoms with Crippen LogP contribution in [0.3, 0.4) is 0 Å². The molecule has 2 rings (SSSR count). The summed E-state index contributed by atoms with van der Waals surface area (Å²) in [6, 6.07) is -0.0538. The maximum atomic E-state index is 6.40. The molecule has 0 aliphatic heterocycles. The van der Waals surface area contributed by atoms with Gasteiger partial charge in [0.25, 0.3) is 0 Å². The van der Waals surface area contributed by atoms with E-state index in [2.05, 4.69) is 29.5 Å². The van der Waals surface area contributed by atoms with E-state index in [1.165, 1.54) is 12.8 Å². The van der Waals surface area contributed by atoms with Crippen molar-refractivity contribution in [2.75, 3.05) is 27.8 Å². The first kappa shape index (κ1) is 16.7. The third-order valence-electron chi connectivity index (χ3n) is 4.68. The Labute approximate surface area is 131 Å².